The minimum absolute atomic E-state index is 0.0639. The molecular formula is C11H9ClN2O3. The van der Waals surface area contributed by atoms with Crippen molar-refractivity contribution in [3.63, 3.8) is 0 Å². The standard InChI is InChI=1S/C11H9ClN2O3/c1-2-5-14(7-10(15)16)11(17)9-6-8(12)3-4-13-9/h1,3-4,6H,5,7H2,(H,15,16). The van der Waals surface area contributed by atoms with Gasteiger partial charge in [0.25, 0.3) is 5.91 Å². The summed E-state index contributed by atoms with van der Waals surface area (Å²) >= 11 is 5.71. The summed E-state index contributed by atoms with van der Waals surface area (Å²) in [6.07, 6.45) is 6.43. The zero-order valence-corrected chi connectivity index (χ0v) is 9.52. The second-order valence-electron chi connectivity index (χ2n) is 3.12. The van der Waals surface area contributed by atoms with E-state index >= 15 is 0 Å². The molecule has 0 aliphatic heterocycles. The summed E-state index contributed by atoms with van der Waals surface area (Å²) in [5.74, 6) is 0.514. The molecule has 5 nitrogen and oxygen atoms in total. The van der Waals surface area contributed by atoms with Crippen LogP contribution in [-0.2, 0) is 4.79 Å². The van der Waals surface area contributed by atoms with Crippen LogP contribution < -0.4 is 0 Å². The highest BCUT2D eigenvalue weighted by molar-refractivity contribution is 6.30. The van der Waals surface area contributed by atoms with Gasteiger partial charge in [-0.25, -0.2) is 0 Å². The number of halogens is 1. The number of aliphatic carboxylic acids is 1. The molecule has 1 aromatic rings. The van der Waals surface area contributed by atoms with Gasteiger partial charge in [-0.05, 0) is 12.1 Å². The lowest BCUT2D eigenvalue weighted by Gasteiger charge is -2.17. The fourth-order valence-corrected chi connectivity index (χ4v) is 1.32. The van der Waals surface area contributed by atoms with Crippen molar-refractivity contribution in [1.29, 1.82) is 0 Å². The minimum atomic E-state index is -1.14. The molecule has 0 aliphatic carbocycles. The maximum Gasteiger partial charge on any atom is 0.323 e. The van der Waals surface area contributed by atoms with Gasteiger partial charge >= 0.3 is 5.97 Å². The molecule has 1 N–H and O–H groups in total. The molecule has 0 saturated carbocycles. The van der Waals surface area contributed by atoms with Gasteiger partial charge in [0.15, 0.2) is 0 Å². The summed E-state index contributed by atoms with van der Waals surface area (Å²) in [5.41, 5.74) is 0.0639. The molecule has 0 atom stereocenters. The van der Waals surface area contributed by atoms with Gasteiger partial charge in [0, 0.05) is 11.2 Å². The molecule has 0 unspecified atom stereocenters. The van der Waals surface area contributed by atoms with Crippen molar-refractivity contribution in [1.82, 2.24) is 9.88 Å². The average Bonchev–Trinajstić information content (AvgIpc) is 2.27. The van der Waals surface area contributed by atoms with Crippen LogP contribution in [0.5, 0.6) is 0 Å². The molecule has 0 radical (unpaired) electrons. The number of hydrogen-bond acceptors (Lipinski definition) is 3. The first-order valence-corrected chi connectivity index (χ1v) is 4.98. The molecular weight excluding hydrogens is 244 g/mol. The molecule has 1 heterocycles. The number of rotatable bonds is 4. The Morgan fingerprint density at radius 1 is 1.59 bits per heavy atom. The van der Waals surface area contributed by atoms with Gasteiger partial charge in [0.1, 0.15) is 12.2 Å². The normalized spacial score (nSPS) is 9.41. The van der Waals surface area contributed by atoms with Gasteiger partial charge in [0.05, 0.1) is 6.54 Å². The molecule has 0 spiro atoms. The van der Waals surface area contributed by atoms with E-state index in [0.29, 0.717) is 5.02 Å². The third kappa shape index (κ3) is 3.78. The molecule has 17 heavy (non-hydrogen) atoms. The molecule has 1 amide bonds. The third-order valence-corrected chi connectivity index (χ3v) is 2.07. The van der Waals surface area contributed by atoms with Crippen molar-refractivity contribution in [2.45, 2.75) is 0 Å². The number of amides is 1. The number of hydrogen-bond donors (Lipinski definition) is 1. The third-order valence-electron chi connectivity index (χ3n) is 1.84. The van der Waals surface area contributed by atoms with E-state index in [4.69, 9.17) is 23.1 Å². The van der Waals surface area contributed by atoms with Crippen LogP contribution in [0.1, 0.15) is 10.5 Å². The topological polar surface area (TPSA) is 70.5 Å². The average molecular weight is 253 g/mol. The SMILES string of the molecule is C#CCN(CC(=O)O)C(=O)c1cc(Cl)ccn1. The van der Waals surface area contributed by atoms with Crippen LogP contribution in [0.3, 0.4) is 0 Å². The van der Waals surface area contributed by atoms with E-state index in [9.17, 15) is 9.59 Å². The van der Waals surface area contributed by atoms with Crippen LogP contribution in [-0.4, -0.2) is 40.0 Å². The lowest BCUT2D eigenvalue weighted by Crippen LogP contribution is -2.36. The lowest BCUT2D eigenvalue weighted by atomic mass is 10.3. The van der Waals surface area contributed by atoms with Gasteiger partial charge in [0.2, 0.25) is 0 Å². The van der Waals surface area contributed by atoms with Crippen LogP contribution in [0.25, 0.3) is 0 Å². The summed E-state index contributed by atoms with van der Waals surface area (Å²) < 4.78 is 0. The zero-order chi connectivity index (χ0) is 12.8. The van der Waals surface area contributed by atoms with E-state index in [-0.39, 0.29) is 12.2 Å². The van der Waals surface area contributed by atoms with Crippen molar-refractivity contribution in [2.24, 2.45) is 0 Å². The molecule has 0 aromatic carbocycles. The van der Waals surface area contributed by atoms with Crippen molar-refractivity contribution in [3.8, 4) is 12.3 Å². The van der Waals surface area contributed by atoms with Crippen LogP contribution in [0, 0.1) is 12.3 Å². The van der Waals surface area contributed by atoms with Crippen LogP contribution in [0.4, 0.5) is 0 Å². The highest BCUT2D eigenvalue weighted by Gasteiger charge is 2.18. The second-order valence-corrected chi connectivity index (χ2v) is 3.55. The Kier molecular flexibility index (Phi) is 4.49. The molecule has 0 bridgehead atoms. The number of nitrogens with zero attached hydrogens (tertiary/aromatic N) is 2. The monoisotopic (exact) mass is 252 g/mol. The fraction of sp³-hybridized carbons (Fsp3) is 0.182. The summed E-state index contributed by atoms with van der Waals surface area (Å²) in [4.78, 5) is 27.3. The van der Waals surface area contributed by atoms with E-state index in [1.54, 1.807) is 0 Å². The summed E-state index contributed by atoms with van der Waals surface area (Å²) in [7, 11) is 0. The largest absolute Gasteiger partial charge is 0.480 e. The first-order valence-electron chi connectivity index (χ1n) is 4.60. The molecule has 6 heteroatoms. The first-order chi connectivity index (χ1) is 8.04. The minimum Gasteiger partial charge on any atom is -0.480 e. The van der Waals surface area contributed by atoms with Crippen molar-refractivity contribution in [2.75, 3.05) is 13.1 Å². The first kappa shape index (κ1) is 13.0. The number of terminal acetylenes is 1. The van der Waals surface area contributed by atoms with Gasteiger partial charge in [-0.1, -0.05) is 17.5 Å². The highest BCUT2D eigenvalue weighted by atomic mass is 35.5. The quantitative estimate of drug-likeness (QED) is 0.808. The summed E-state index contributed by atoms with van der Waals surface area (Å²) in [6, 6.07) is 2.87. The summed E-state index contributed by atoms with van der Waals surface area (Å²) in [6.45, 7) is -0.573. The Bertz CT molecular complexity index is 482. The Hall–Kier alpha value is -2.06. The smallest absolute Gasteiger partial charge is 0.323 e. The van der Waals surface area contributed by atoms with Crippen molar-refractivity contribution >= 4 is 23.5 Å². The fourth-order valence-electron chi connectivity index (χ4n) is 1.16. The van der Waals surface area contributed by atoms with Crippen LogP contribution in [0.2, 0.25) is 5.02 Å². The van der Waals surface area contributed by atoms with Gasteiger partial charge in [-0.15, -0.1) is 6.42 Å². The maximum atomic E-state index is 11.9. The molecule has 1 aromatic heterocycles. The molecule has 0 aliphatic rings. The number of pyridine rings is 1. The molecule has 88 valence electrons. The molecule has 0 fully saturated rings. The predicted octanol–water partition coefficient (Wildman–Crippen LogP) is 0.895. The Balaban J connectivity index is 2.92. The second kappa shape index (κ2) is 5.87. The Morgan fingerprint density at radius 2 is 2.29 bits per heavy atom. The lowest BCUT2D eigenvalue weighted by molar-refractivity contribution is -0.137. The number of carbonyl (C=O) groups is 2. The van der Waals surface area contributed by atoms with E-state index in [1.165, 1.54) is 18.3 Å². The van der Waals surface area contributed by atoms with Gasteiger partial charge in [-0.3, -0.25) is 14.6 Å². The van der Waals surface area contributed by atoms with E-state index in [2.05, 4.69) is 10.9 Å². The van der Waals surface area contributed by atoms with E-state index in [0.717, 1.165) is 4.90 Å². The van der Waals surface area contributed by atoms with Crippen LogP contribution in [0.15, 0.2) is 18.3 Å². The highest BCUT2D eigenvalue weighted by Crippen LogP contribution is 2.10. The Morgan fingerprint density at radius 3 is 2.82 bits per heavy atom. The predicted molar refractivity (Wildman–Crippen MR) is 61.6 cm³/mol. The summed E-state index contributed by atoms with van der Waals surface area (Å²) in [5, 5.41) is 9.00. The van der Waals surface area contributed by atoms with E-state index in [1.807, 2.05) is 0 Å². The number of aromatic nitrogens is 1. The molecule has 0 saturated heterocycles. The van der Waals surface area contributed by atoms with Crippen molar-refractivity contribution in [3.05, 3.63) is 29.0 Å². The van der Waals surface area contributed by atoms with Crippen LogP contribution >= 0.6 is 11.6 Å². The number of carbonyl (C=O) groups excluding carboxylic acids is 1. The maximum absolute atomic E-state index is 11.9. The van der Waals surface area contributed by atoms with Crippen molar-refractivity contribution < 1.29 is 14.7 Å². The van der Waals surface area contributed by atoms with E-state index < -0.39 is 18.4 Å². The molecule has 1 rings (SSSR count). The number of carboxylic acids is 1. The van der Waals surface area contributed by atoms with Gasteiger partial charge in [-0.2, -0.15) is 0 Å². The zero-order valence-electron chi connectivity index (χ0n) is 8.76. The van der Waals surface area contributed by atoms with Gasteiger partial charge < -0.3 is 10.0 Å². The number of carboxylic acid groups (broad SMARTS) is 1. The Labute approximate surface area is 103 Å².